The Morgan fingerprint density at radius 3 is 2.32 bits per heavy atom. The molecule has 1 saturated heterocycles. The number of carboxylic acid groups (broad SMARTS) is 1. The summed E-state index contributed by atoms with van der Waals surface area (Å²) in [4.78, 5) is 41.5. The van der Waals surface area contributed by atoms with Crippen LogP contribution in [0.4, 0.5) is 27.6 Å². The van der Waals surface area contributed by atoms with Crippen LogP contribution < -0.4 is 10.1 Å². The van der Waals surface area contributed by atoms with Crippen molar-refractivity contribution in [2.45, 2.75) is 59.4 Å². The molecule has 3 aromatic carbocycles. The Kier molecular flexibility index (Phi) is 11.8. The number of aromatic nitrogens is 7. The zero-order valence-corrected chi connectivity index (χ0v) is 33.6. The van der Waals surface area contributed by atoms with E-state index in [1.54, 1.807) is 61.0 Å². The molecular weight excluding hydrogens is 822 g/mol. The van der Waals surface area contributed by atoms with E-state index < -0.39 is 36.4 Å². The van der Waals surface area contributed by atoms with Crippen molar-refractivity contribution in [3.8, 4) is 17.0 Å². The minimum atomic E-state index is -5.08. The Labute approximate surface area is 349 Å². The maximum absolute atomic E-state index is 15.8. The number of anilines is 1. The summed E-state index contributed by atoms with van der Waals surface area (Å²) in [6.07, 6.45) is -1.91. The van der Waals surface area contributed by atoms with Crippen LogP contribution in [-0.4, -0.2) is 87.7 Å². The van der Waals surface area contributed by atoms with Gasteiger partial charge in [-0.3, -0.25) is 14.3 Å². The van der Waals surface area contributed by atoms with E-state index in [0.29, 0.717) is 45.4 Å². The summed E-state index contributed by atoms with van der Waals surface area (Å²) in [7, 11) is 0. The van der Waals surface area contributed by atoms with Crippen LogP contribution >= 0.6 is 0 Å². The quantitative estimate of drug-likeness (QED) is 0.136. The third-order valence-electron chi connectivity index (χ3n) is 10.3. The molecule has 2 N–H and O–H groups in total. The molecule has 62 heavy (non-hydrogen) atoms. The van der Waals surface area contributed by atoms with E-state index in [1.807, 2.05) is 44.2 Å². The number of carboxylic acids is 1. The van der Waals surface area contributed by atoms with Crippen LogP contribution in [0.5, 0.6) is 5.75 Å². The van der Waals surface area contributed by atoms with Gasteiger partial charge < -0.3 is 24.6 Å². The molecule has 5 heterocycles. The van der Waals surface area contributed by atoms with Crippen molar-refractivity contribution in [1.82, 2.24) is 39.6 Å². The monoisotopic (exact) mass is 859 g/mol. The molecule has 1 aliphatic rings. The number of benzene rings is 3. The van der Waals surface area contributed by atoms with Gasteiger partial charge >= 0.3 is 12.1 Å². The topological polar surface area (TPSA) is 183 Å². The average molecular weight is 860 g/mol. The number of carbonyl (C=O) groups excluding carboxylic acids is 2. The predicted molar refractivity (Wildman–Crippen MR) is 213 cm³/mol. The Morgan fingerprint density at radius 2 is 1.68 bits per heavy atom. The maximum Gasteiger partial charge on any atom is 0.490 e. The molecule has 1 fully saturated rings. The first-order valence-corrected chi connectivity index (χ1v) is 19.1. The highest BCUT2D eigenvalue weighted by Crippen LogP contribution is 2.37. The van der Waals surface area contributed by atoms with Crippen LogP contribution in [0.2, 0.25) is 0 Å². The second-order valence-electron chi connectivity index (χ2n) is 14.8. The highest BCUT2D eigenvalue weighted by atomic mass is 19.4. The number of amides is 2. The minimum Gasteiger partial charge on any atom is -0.488 e. The highest BCUT2D eigenvalue weighted by molar-refractivity contribution is 6.08. The number of halogens is 5. The Balaban J connectivity index is 0.000000762. The number of hydrogen-bond acceptors (Lipinski definition) is 10. The van der Waals surface area contributed by atoms with E-state index in [4.69, 9.17) is 19.2 Å². The van der Waals surface area contributed by atoms with Crippen LogP contribution in [0.1, 0.15) is 55.5 Å². The zero-order valence-electron chi connectivity index (χ0n) is 33.6. The van der Waals surface area contributed by atoms with Gasteiger partial charge in [-0.25, -0.2) is 23.1 Å². The maximum atomic E-state index is 15.8. The third-order valence-corrected chi connectivity index (χ3v) is 10.3. The number of piperidine rings is 1. The Bertz CT molecular complexity index is 2780. The number of nitrogens with one attached hydrogen (secondary N) is 1. The van der Waals surface area contributed by atoms with Crippen LogP contribution in [0.25, 0.3) is 27.7 Å². The van der Waals surface area contributed by atoms with Gasteiger partial charge in [-0.2, -0.15) is 18.3 Å². The van der Waals surface area contributed by atoms with Crippen molar-refractivity contribution >= 4 is 39.9 Å². The molecule has 1 atom stereocenters. The van der Waals surface area contributed by atoms with Crippen molar-refractivity contribution in [2.75, 3.05) is 18.4 Å². The van der Waals surface area contributed by atoms with Gasteiger partial charge in [0.2, 0.25) is 0 Å². The predicted octanol–water partition coefficient (Wildman–Crippen LogP) is 7.62. The van der Waals surface area contributed by atoms with Gasteiger partial charge in [0.15, 0.2) is 5.65 Å². The van der Waals surface area contributed by atoms with E-state index in [2.05, 4.69) is 30.9 Å². The van der Waals surface area contributed by atoms with Gasteiger partial charge in [0.1, 0.15) is 29.4 Å². The fourth-order valence-electron chi connectivity index (χ4n) is 7.02. The minimum absolute atomic E-state index is 0.0620. The molecule has 8 rings (SSSR count). The van der Waals surface area contributed by atoms with Crippen molar-refractivity contribution in [1.29, 1.82) is 0 Å². The van der Waals surface area contributed by atoms with Crippen LogP contribution in [-0.2, 0) is 17.9 Å². The van der Waals surface area contributed by atoms with Gasteiger partial charge in [-0.1, -0.05) is 46.8 Å². The van der Waals surface area contributed by atoms with E-state index in [9.17, 15) is 22.8 Å². The molecule has 4 aromatic heterocycles. The first-order valence-electron chi connectivity index (χ1n) is 19.1. The summed E-state index contributed by atoms with van der Waals surface area (Å²) in [5.41, 5.74) is 5.86. The number of ether oxygens (including phenoxy) is 1. The van der Waals surface area contributed by atoms with Gasteiger partial charge in [0.05, 0.1) is 42.3 Å². The Hall–Kier alpha value is -7.25. The number of alkyl halides is 5. The van der Waals surface area contributed by atoms with Crippen molar-refractivity contribution in [2.24, 2.45) is 5.92 Å². The fourth-order valence-corrected chi connectivity index (χ4v) is 7.02. The number of carbonyl (C=O) groups is 3. The van der Waals surface area contributed by atoms with Crippen LogP contribution in [0, 0.1) is 33.6 Å². The van der Waals surface area contributed by atoms with E-state index >= 15 is 8.78 Å². The second kappa shape index (κ2) is 17.0. The first kappa shape index (κ1) is 42.9. The Morgan fingerprint density at radius 1 is 0.984 bits per heavy atom. The summed E-state index contributed by atoms with van der Waals surface area (Å²) < 4.78 is 77.8. The smallest absolute Gasteiger partial charge is 0.488 e. The van der Waals surface area contributed by atoms with Crippen LogP contribution in [0.15, 0.2) is 83.6 Å². The lowest BCUT2D eigenvalue weighted by atomic mass is 9.92. The van der Waals surface area contributed by atoms with E-state index in [-0.39, 0.29) is 37.6 Å². The van der Waals surface area contributed by atoms with Crippen molar-refractivity contribution in [3.63, 3.8) is 0 Å². The standard InChI is InChI=1S/C40H37F2N9O4.C2HF3O2/c1-23-15-24(2)51-37(44-23)33(18-43-51)38(52)45-31-11-9-27(10-12-31)35-20-50(48-46-35)19-30-13-14-49(22-40(30,41)42)39(53)32-16-28-7-5-6-8-29(28)17-36(32)54-21-34-25(3)47-55-26(34)4;3-2(4,5)1(6)7/h5-12,15-18,20,30H,13-14,19,21-22H2,1-4H3,(H,45,52);(H,6,7). The SMILES string of the molecule is Cc1cc(C)n2ncc(C(=O)Nc3ccc(-c4cn(CC5CCN(C(=O)c6cc7ccccc7cc6OCc6c(C)noc6C)CC5(F)F)nn4)cc3)c2n1.O=C(O)C(F)(F)F. The molecule has 20 heteroatoms. The molecule has 0 aliphatic carbocycles. The molecule has 2 amide bonds. The molecule has 0 bridgehead atoms. The molecule has 322 valence electrons. The largest absolute Gasteiger partial charge is 0.490 e. The molecule has 0 radical (unpaired) electrons. The number of nitrogens with zero attached hydrogens (tertiary/aromatic N) is 8. The summed E-state index contributed by atoms with van der Waals surface area (Å²) in [5, 5.41) is 28.3. The lowest BCUT2D eigenvalue weighted by Crippen LogP contribution is -2.51. The first-order chi connectivity index (χ1) is 29.4. The molecule has 1 unspecified atom stereocenters. The normalized spacial score (nSPS) is 15.0. The molecule has 0 saturated carbocycles. The van der Waals surface area contributed by atoms with E-state index in [1.165, 1.54) is 15.8 Å². The molecule has 7 aromatic rings. The summed E-state index contributed by atoms with van der Waals surface area (Å²) >= 11 is 0. The third kappa shape index (κ3) is 9.22. The van der Waals surface area contributed by atoms with Gasteiger partial charge in [-0.15, -0.1) is 5.10 Å². The number of rotatable bonds is 9. The lowest BCUT2D eigenvalue weighted by molar-refractivity contribution is -0.192. The fraction of sp³-hybridized carbons (Fsp3) is 0.286. The summed E-state index contributed by atoms with van der Waals surface area (Å²) in [6, 6.07) is 19.9. The zero-order chi connectivity index (χ0) is 44.5. The van der Waals surface area contributed by atoms with Gasteiger partial charge in [0, 0.05) is 35.1 Å². The highest BCUT2D eigenvalue weighted by Gasteiger charge is 2.46. The number of hydrogen-bond donors (Lipinski definition) is 2. The molecule has 15 nitrogen and oxygen atoms in total. The van der Waals surface area contributed by atoms with E-state index in [0.717, 1.165) is 27.7 Å². The number of aliphatic carboxylic acids is 1. The second-order valence-corrected chi connectivity index (χ2v) is 14.8. The lowest BCUT2D eigenvalue weighted by Gasteiger charge is -2.38. The number of fused-ring (bicyclic) bond motifs is 2. The number of aryl methyl sites for hydroxylation is 4. The summed E-state index contributed by atoms with van der Waals surface area (Å²) in [6.45, 7) is 6.76. The average Bonchev–Trinajstić information content (AvgIpc) is 3.96. The van der Waals surface area contributed by atoms with Crippen LogP contribution in [0.3, 0.4) is 0 Å². The number of likely N-dealkylation sites (tertiary alicyclic amines) is 1. The van der Waals surface area contributed by atoms with Crippen molar-refractivity contribution in [3.05, 3.63) is 119 Å². The van der Waals surface area contributed by atoms with Gasteiger partial charge in [-0.05, 0) is 75.2 Å². The molecule has 0 spiro atoms. The molecular formula is C42H38F5N9O6. The van der Waals surface area contributed by atoms with Gasteiger partial charge in [0.25, 0.3) is 17.7 Å². The van der Waals surface area contributed by atoms with Crippen molar-refractivity contribution < 1.29 is 50.7 Å². The summed E-state index contributed by atoms with van der Waals surface area (Å²) in [5.74, 6) is -6.99. The molecule has 1 aliphatic heterocycles.